The van der Waals surface area contributed by atoms with Crippen LogP contribution >= 0.6 is 0 Å². The van der Waals surface area contributed by atoms with Crippen LogP contribution in [0.4, 0.5) is 4.79 Å². The summed E-state index contributed by atoms with van der Waals surface area (Å²) in [5.41, 5.74) is 3.06. The molecule has 3 amide bonds. The van der Waals surface area contributed by atoms with E-state index >= 15 is 0 Å². The van der Waals surface area contributed by atoms with Crippen LogP contribution in [0.15, 0.2) is 78.9 Å². The molecule has 1 aliphatic rings. The van der Waals surface area contributed by atoms with Gasteiger partial charge < -0.3 is 35.6 Å². The number of hydrogen-bond donors (Lipinski definition) is 5. The van der Waals surface area contributed by atoms with Crippen molar-refractivity contribution in [1.82, 2.24) is 15.5 Å². The summed E-state index contributed by atoms with van der Waals surface area (Å²) in [5, 5.41) is 39.1. The molecular formula is C36H45N3O7. The number of ketones is 1. The number of para-hydroxylation sites is 1. The highest BCUT2D eigenvalue weighted by atomic mass is 16.8. The molecule has 1 saturated heterocycles. The molecule has 10 heteroatoms. The number of aliphatic hydroxyl groups is 3. The molecule has 4 unspecified atom stereocenters. The largest absolute Gasteiger partial charge is 0.433 e. The molecule has 4 rings (SSSR count). The first kappa shape index (κ1) is 34.6. The fourth-order valence-electron chi connectivity index (χ4n) is 5.85. The van der Waals surface area contributed by atoms with Gasteiger partial charge in [0.25, 0.3) is 0 Å². The maximum absolute atomic E-state index is 13.4. The van der Waals surface area contributed by atoms with Crippen molar-refractivity contribution in [2.24, 2.45) is 5.92 Å². The van der Waals surface area contributed by atoms with Crippen LogP contribution in [0.25, 0.3) is 0 Å². The van der Waals surface area contributed by atoms with Gasteiger partial charge in [-0.25, -0.2) is 4.79 Å². The Kier molecular flexibility index (Phi) is 11.9. The fourth-order valence-corrected chi connectivity index (χ4v) is 5.85. The quantitative estimate of drug-likeness (QED) is 0.162. The Morgan fingerprint density at radius 2 is 1.52 bits per heavy atom. The van der Waals surface area contributed by atoms with Crippen LogP contribution in [0.3, 0.4) is 0 Å². The molecule has 0 bridgehead atoms. The number of nitrogens with one attached hydrogen (secondary N) is 2. The van der Waals surface area contributed by atoms with Crippen molar-refractivity contribution in [2.45, 2.75) is 77.0 Å². The number of benzene rings is 3. The number of amides is 3. The molecule has 0 saturated carbocycles. The van der Waals surface area contributed by atoms with Gasteiger partial charge in [-0.05, 0) is 74.6 Å². The maximum Gasteiger partial charge on any atom is 0.386 e. The van der Waals surface area contributed by atoms with Gasteiger partial charge >= 0.3 is 12.0 Å². The van der Waals surface area contributed by atoms with Gasteiger partial charge in [0.1, 0.15) is 11.8 Å². The Morgan fingerprint density at radius 1 is 0.935 bits per heavy atom. The minimum absolute atomic E-state index is 0.0753. The third-order valence-electron chi connectivity index (χ3n) is 8.51. The lowest BCUT2D eigenvalue weighted by atomic mass is 9.85. The van der Waals surface area contributed by atoms with E-state index in [1.807, 2.05) is 60.7 Å². The first-order valence-corrected chi connectivity index (χ1v) is 15.8. The molecule has 0 radical (unpaired) electrons. The average molecular weight is 632 g/mol. The summed E-state index contributed by atoms with van der Waals surface area (Å²) in [6.07, 6.45) is -0.0499. The van der Waals surface area contributed by atoms with Gasteiger partial charge in [-0.3, -0.25) is 9.59 Å². The minimum atomic E-state index is -3.12. The number of hydrogen-bond acceptors (Lipinski definition) is 7. The molecule has 0 aliphatic carbocycles. The van der Waals surface area contributed by atoms with E-state index in [1.165, 1.54) is 4.90 Å². The molecule has 46 heavy (non-hydrogen) atoms. The van der Waals surface area contributed by atoms with Gasteiger partial charge in [0, 0.05) is 25.6 Å². The molecule has 3 aromatic rings. The summed E-state index contributed by atoms with van der Waals surface area (Å²) in [6, 6.07) is 22.5. The van der Waals surface area contributed by atoms with E-state index in [0.717, 1.165) is 17.5 Å². The van der Waals surface area contributed by atoms with Crippen molar-refractivity contribution in [1.29, 1.82) is 0 Å². The number of ether oxygens (including phenoxy) is 1. The van der Waals surface area contributed by atoms with Crippen molar-refractivity contribution in [2.75, 3.05) is 13.1 Å². The van der Waals surface area contributed by atoms with Crippen molar-refractivity contribution in [3.63, 3.8) is 0 Å². The Morgan fingerprint density at radius 3 is 2.11 bits per heavy atom. The summed E-state index contributed by atoms with van der Waals surface area (Å²) in [5.74, 6) is -5.01. The van der Waals surface area contributed by atoms with Gasteiger partial charge in [-0.1, -0.05) is 78.9 Å². The van der Waals surface area contributed by atoms with Gasteiger partial charge in [0.15, 0.2) is 0 Å². The number of aliphatic hydroxyl groups excluding tert-OH is 1. The number of carbonyl (C=O) groups is 3. The van der Waals surface area contributed by atoms with Crippen LogP contribution in [0, 0.1) is 19.8 Å². The Labute approximate surface area is 270 Å². The number of rotatable bonds is 15. The molecule has 1 heterocycles. The highest BCUT2D eigenvalue weighted by Gasteiger charge is 2.40. The van der Waals surface area contributed by atoms with Crippen LogP contribution in [-0.4, -0.2) is 75.2 Å². The summed E-state index contributed by atoms with van der Waals surface area (Å²) < 4.78 is 5.45. The van der Waals surface area contributed by atoms with Gasteiger partial charge in [0.05, 0.1) is 6.10 Å². The first-order chi connectivity index (χ1) is 21.9. The van der Waals surface area contributed by atoms with E-state index < -0.39 is 42.3 Å². The number of carbonyl (C=O) groups excluding carboxylic acids is 3. The zero-order valence-corrected chi connectivity index (χ0v) is 26.7. The average Bonchev–Trinajstić information content (AvgIpc) is 3.03. The molecule has 5 N–H and O–H groups in total. The zero-order chi connectivity index (χ0) is 33.3. The molecule has 10 nitrogen and oxygen atoms in total. The summed E-state index contributed by atoms with van der Waals surface area (Å²) >= 11 is 0. The van der Waals surface area contributed by atoms with Crippen molar-refractivity contribution in [3.8, 4) is 5.75 Å². The van der Waals surface area contributed by atoms with Gasteiger partial charge in [0.2, 0.25) is 11.7 Å². The summed E-state index contributed by atoms with van der Waals surface area (Å²) in [6.45, 7) is 6.18. The molecule has 0 spiro atoms. The molecule has 1 aliphatic heterocycles. The first-order valence-electron chi connectivity index (χ1n) is 15.8. The van der Waals surface area contributed by atoms with E-state index in [2.05, 4.69) is 10.6 Å². The number of Topliss-reactive ketones (excluding diaryl/α,β-unsaturated/α-hetero) is 1. The van der Waals surface area contributed by atoms with E-state index in [-0.39, 0.29) is 30.5 Å². The Balaban J connectivity index is 1.54. The normalized spacial score (nSPS) is 16.1. The maximum atomic E-state index is 13.4. The van der Waals surface area contributed by atoms with Crippen molar-refractivity contribution >= 4 is 17.7 Å². The smallest absolute Gasteiger partial charge is 0.386 e. The van der Waals surface area contributed by atoms with Crippen LogP contribution in [0.5, 0.6) is 5.75 Å². The summed E-state index contributed by atoms with van der Waals surface area (Å²) in [4.78, 5) is 40.7. The van der Waals surface area contributed by atoms with E-state index in [9.17, 15) is 29.7 Å². The predicted octanol–water partition coefficient (Wildman–Crippen LogP) is 3.42. The highest BCUT2D eigenvalue weighted by molar-refractivity contribution is 5.87. The second-order valence-electron chi connectivity index (χ2n) is 12.2. The Bertz CT molecular complexity index is 1440. The third kappa shape index (κ3) is 9.38. The zero-order valence-electron chi connectivity index (χ0n) is 26.7. The van der Waals surface area contributed by atoms with Crippen LogP contribution in [0.2, 0.25) is 0 Å². The summed E-state index contributed by atoms with van der Waals surface area (Å²) in [7, 11) is 0. The van der Waals surface area contributed by atoms with E-state index in [0.29, 0.717) is 30.6 Å². The Hall–Kier alpha value is -4.25. The molecule has 1 fully saturated rings. The monoisotopic (exact) mass is 631 g/mol. The molecular weight excluding hydrogens is 586 g/mol. The highest BCUT2D eigenvalue weighted by Crippen LogP contribution is 2.28. The standard InChI is InChI=1S/C36H45N3O7/c1-24-12-10-13-25(2)33(24)46-36(44,45)32(41)22-29(20-27-14-6-4-7-15-27)31(40)23-30(21-28-16-8-5-9-17-28)38-34(42)26(3)39-19-11-18-37-35(39)43/h4-10,12-17,26,29-31,40,44-45H,11,18-23H2,1-3H3,(H,37,43)(H,38,42). The van der Waals surface area contributed by atoms with Crippen LogP contribution < -0.4 is 15.4 Å². The number of nitrogens with zero attached hydrogens (tertiary/aromatic N) is 1. The van der Waals surface area contributed by atoms with E-state index in [1.54, 1.807) is 39.0 Å². The predicted molar refractivity (Wildman–Crippen MR) is 174 cm³/mol. The van der Waals surface area contributed by atoms with Crippen molar-refractivity contribution in [3.05, 3.63) is 101 Å². The SMILES string of the molecule is Cc1cccc(C)c1OC(O)(O)C(=O)CC(Cc1ccccc1)C(O)CC(Cc1ccccc1)NC(=O)C(C)N1CCCNC1=O. The molecule has 246 valence electrons. The van der Waals surface area contributed by atoms with Crippen molar-refractivity contribution < 1.29 is 34.4 Å². The van der Waals surface area contributed by atoms with Gasteiger partial charge in [-0.2, -0.15) is 0 Å². The van der Waals surface area contributed by atoms with E-state index in [4.69, 9.17) is 4.74 Å². The van der Waals surface area contributed by atoms with Crippen LogP contribution in [-0.2, 0) is 22.4 Å². The minimum Gasteiger partial charge on any atom is -0.433 e. The van der Waals surface area contributed by atoms with Gasteiger partial charge in [-0.15, -0.1) is 0 Å². The number of aryl methyl sites for hydroxylation is 2. The second-order valence-corrected chi connectivity index (χ2v) is 12.2. The molecule has 4 atom stereocenters. The topological polar surface area (TPSA) is 148 Å². The van der Waals surface area contributed by atoms with Crippen LogP contribution in [0.1, 0.15) is 48.4 Å². The lowest BCUT2D eigenvalue weighted by Gasteiger charge is -2.34. The lowest BCUT2D eigenvalue weighted by Crippen LogP contribution is -2.56. The fraction of sp³-hybridized carbons (Fsp3) is 0.417. The number of urea groups is 1. The second kappa shape index (κ2) is 15.8. The molecule has 3 aromatic carbocycles. The lowest BCUT2D eigenvalue weighted by molar-refractivity contribution is -0.272. The third-order valence-corrected chi connectivity index (χ3v) is 8.51. The molecule has 0 aromatic heterocycles.